The van der Waals surface area contributed by atoms with E-state index in [0.29, 0.717) is 62.0 Å². The second kappa shape index (κ2) is 10.2. The highest BCUT2D eigenvalue weighted by Gasteiger charge is 2.25. The first-order valence-electron chi connectivity index (χ1n) is 11.8. The summed E-state index contributed by atoms with van der Waals surface area (Å²) in [6.07, 6.45) is 5.34. The highest BCUT2D eigenvalue weighted by atomic mass is 19.1. The number of piperidine rings is 1. The summed E-state index contributed by atoms with van der Waals surface area (Å²) in [5.74, 6) is -0.325. The minimum absolute atomic E-state index is 0.00384. The van der Waals surface area contributed by atoms with E-state index in [1.165, 1.54) is 10.7 Å². The van der Waals surface area contributed by atoms with Gasteiger partial charge in [-0.15, -0.1) is 0 Å². The van der Waals surface area contributed by atoms with Crippen molar-refractivity contribution >= 4 is 16.8 Å². The van der Waals surface area contributed by atoms with E-state index in [2.05, 4.69) is 20.4 Å². The molecule has 0 saturated carbocycles. The van der Waals surface area contributed by atoms with Gasteiger partial charge in [0.05, 0.1) is 18.6 Å². The third-order valence-electron chi connectivity index (χ3n) is 6.48. The first kappa shape index (κ1) is 22.9. The SMILES string of the molecule is O=C(NCCc1ccccc1F)C1CCN(Cn2ncc3cn(-c4ccccc4)nc3c2=O)CC1. The molecular formula is C26H27FN6O2. The van der Waals surface area contributed by atoms with Crippen LogP contribution in [0, 0.1) is 11.7 Å². The van der Waals surface area contributed by atoms with Crippen LogP contribution in [0.3, 0.4) is 0 Å². The van der Waals surface area contributed by atoms with Gasteiger partial charge in [-0.05, 0) is 43.0 Å². The molecule has 1 aliphatic rings. The number of hydrogen-bond acceptors (Lipinski definition) is 5. The molecule has 0 unspecified atom stereocenters. The zero-order valence-electron chi connectivity index (χ0n) is 19.3. The molecule has 0 aliphatic carbocycles. The van der Waals surface area contributed by atoms with Crippen LogP contribution in [0.15, 0.2) is 71.8 Å². The molecule has 4 aromatic rings. The average Bonchev–Trinajstić information content (AvgIpc) is 3.33. The van der Waals surface area contributed by atoms with E-state index >= 15 is 0 Å². The summed E-state index contributed by atoms with van der Waals surface area (Å²) >= 11 is 0. The third-order valence-corrected chi connectivity index (χ3v) is 6.48. The van der Waals surface area contributed by atoms with E-state index in [-0.39, 0.29) is 23.2 Å². The second-order valence-electron chi connectivity index (χ2n) is 8.83. The Morgan fingerprint density at radius 3 is 2.57 bits per heavy atom. The number of halogens is 1. The van der Waals surface area contributed by atoms with Crippen molar-refractivity contribution in [1.82, 2.24) is 29.8 Å². The van der Waals surface area contributed by atoms with Gasteiger partial charge >= 0.3 is 0 Å². The lowest BCUT2D eigenvalue weighted by molar-refractivity contribution is -0.126. The van der Waals surface area contributed by atoms with Gasteiger partial charge in [0, 0.05) is 37.1 Å². The molecule has 3 heterocycles. The number of aromatic nitrogens is 4. The number of amides is 1. The molecule has 5 rings (SSSR count). The maximum absolute atomic E-state index is 13.7. The monoisotopic (exact) mass is 474 g/mol. The summed E-state index contributed by atoms with van der Waals surface area (Å²) in [6, 6.07) is 16.2. The van der Waals surface area contributed by atoms with Gasteiger partial charge in [-0.3, -0.25) is 14.5 Å². The number of carbonyl (C=O) groups excluding carboxylic acids is 1. The van der Waals surface area contributed by atoms with Crippen molar-refractivity contribution in [3.8, 4) is 5.69 Å². The van der Waals surface area contributed by atoms with Crippen molar-refractivity contribution in [3.63, 3.8) is 0 Å². The largest absolute Gasteiger partial charge is 0.356 e. The Morgan fingerprint density at radius 2 is 1.80 bits per heavy atom. The summed E-state index contributed by atoms with van der Waals surface area (Å²) in [6.45, 7) is 2.15. The van der Waals surface area contributed by atoms with Gasteiger partial charge in [0.25, 0.3) is 5.56 Å². The number of likely N-dealkylation sites (tertiary alicyclic amines) is 1. The van der Waals surface area contributed by atoms with Crippen molar-refractivity contribution in [1.29, 1.82) is 0 Å². The zero-order chi connectivity index (χ0) is 24.2. The van der Waals surface area contributed by atoms with E-state index < -0.39 is 0 Å². The predicted octanol–water partition coefficient (Wildman–Crippen LogP) is 2.75. The number of para-hydroxylation sites is 1. The molecule has 9 heteroatoms. The number of benzene rings is 2. The summed E-state index contributed by atoms with van der Waals surface area (Å²) in [7, 11) is 0. The molecule has 180 valence electrons. The normalized spacial score (nSPS) is 14.9. The topological polar surface area (TPSA) is 85.1 Å². The van der Waals surface area contributed by atoms with E-state index in [4.69, 9.17) is 0 Å². The van der Waals surface area contributed by atoms with Crippen LogP contribution in [0.5, 0.6) is 0 Å². The van der Waals surface area contributed by atoms with Crippen molar-refractivity contribution in [2.75, 3.05) is 19.6 Å². The smallest absolute Gasteiger partial charge is 0.296 e. The third kappa shape index (κ3) is 5.14. The Kier molecular flexibility index (Phi) is 6.67. The number of nitrogens with zero attached hydrogens (tertiary/aromatic N) is 5. The van der Waals surface area contributed by atoms with E-state index in [1.54, 1.807) is 35.3 Å². The number of hydrogen-bond donors (Lipinski definition) is 1. The molecule has 1 aliphatic heterocycles. The fourth-order valence-corrected chi connectivity index (χ4v) is 4.46. The quantitative estimate of drug-likeness (QED) is 0.445. The Labute approximate surface area is 202 Å². The van der Waals surface area contributed by atoms with Gasteiger partial charge < -0.3 is 5.32 Å². The van der Waals surface area contributed by atoms with Gasteiger partial charge in [0.15, 0.2) is 5.52 Å². The van der Waals surface area contributed by atoms with Crippen LogP contribution < -0.4 is 10.9 Å². The lowest BCUT2D eigenvalue weighted by Gasteiger charge is -2.31. The van der Waals surface area contributed by atoms with Crippen LogP contribution in [0.2, 0.25) is 0 Å². The molecule has 1 amide bonds. The Morgan fingerprint density at radius 1 is 1.06 bits per heavy atom. The molecular weight excluding hydrogens is 447 g/mol. The van der Waals surface area contributed by atoms with Crippen molar-refractivity contribution in [2.24, 2.45) is 5.92 Å². The molecule has 2 aromatic carbocycles. The maximum atomic E-state index is 13.7. The average molecular weight is 475 g/mol. The summed E-state index contributed by atoms with van der Waals surface area (Å²) in [5.41, 5.74) is 1.63. The van der Waals surface area contributed by atoms with Gasteiger partial charge in [-0.1, -0.05) is 36.4 Å². The molecule has 35 heavy (non-hydrogen) atoms. The minimum atomic E-state index is -0.246. The van der Waals surface area contributed by atoms with Crippen LogP contribution in [-0.2, 0) is 17.9 Å². The summed E-state index contributed by atoms with van der Waals surface area (Å²) < 4.78 is 16.9. The van der Waals surface area contributed by atoms with Crippen LogP contribution >= 0.6 is 0 Å². The predicted molar refractivity (Wildman–Crippen MR) is 131 cm³/mol. The van der Waals surface area contributed by atoms with Crippen molar-refractivity contribution in [3.05, 3.63) is 88.7 Å². The van der Waals surface area contributed by atoms with Gasteiger partial charge in [-0.25, -0.2) is 13.8 Å². The zero-order valence-corrected chi connectivity index (χ0v) is 19.3. The molecule has 1 saturated heterocycles. The highest BCUT2D eigenvalue weighted by Crippen LogP contribution is 2.18. The Balaban J connectivity index is 1.15. The van der Waals surface area contributed by atoms with Crippen LogP contribution in [-0.4, -0.2) is 50.0 Å². The molecule has 1 fully saturated rings. The van der Waals surface area contributed by atoms with E-state index in [9.17, 15) is 14.0 Å². The van der Waals surface area contributed by atoms with Gasteiger partial charge in [-0.2, -0.15) is 10.2 Å². The van der Waals surface area contributed by atoms with Crippen LogP contribution in [0.25, 0.3) is 16.6 Å². The minimum Gasteiger partial charge on any atom is -0.356 e. The van der Waals surface area contributed by atoms with Gasteiger partial charge in [0.1, 0.15) is 5.82 Å². The molecule has 0 spiro atoms. The Hall–Kier alpha value is -3.85. The number of nitrogens with one attached hydrogen (secondary N) is 1. The molecule has 0 atom stereocenters. The number of fused-ring (bicyclic) bond motifs is 1. The first-order chi connectivity index (χ1) is 17.1. The summed E-state index contributed by atoms with van der Waals surface area (Å²) in [5, 5.41) is 12.4. The Bertz CT molecular complexity index is 1380. The van der Waals surface area contributed by atoms with Crippen LogP contribution in [0.4, 0.5) is 4.39 Å². The standard InChI is InChI=1S/C26H27FN6O2/c27-23-9-5-4-6-19(23)10-13-28-25(34)20-11-14-31(15-12-20)18-33-26(35)24-21(16-29-33)17-32(30-24)22-7-2-1-3-8-22/h1-9,16-17,20H,10-15,18H2,(H,28,34). The lowest BCUT2D eigenvalue weighted by atomic mass is 9.96. The van der Waals surface area contributed by atoms with Crippen molar-refractivity contribution < 1.29 is 9.18 Å². The molecule has 1 N–H and O–H groups in total. The van der Waals surface area contributed by atoms with Crippen LogP contribution in [0.1, 0.15) is 18.4 Å². The van der Waals surface area contributed by atoms with E-state index in [1.807, 2.05) is 30.3 Å². The molecule has 2 aromatic heterocycles. The fourth-order valence-electron chi connectivity index (χ4n) is 4.46. The first-order valence-corrected chi connectivity index (χ1v) is 11.8. The lowest BCUT2D eigenvalue weighted by Crippen LogP contribution is -2.43. The molecule has 0 radical (unpaired) electrons. The van der Waals surface area contributed by atoms with Gasteiger partial charge in [0.2, 0.25) is 5.91 Å². The molecule has 8 nitrogen and oxygen atoms in total. The number of carbonyl (C=O) groups is 1. The second-order valence-corrected chi connectivity index (χ2v) is 8.83. The summed E-state index contributed by atoms with van der Waals surface area (Å²) in [4.78, 5) is 27.7. The maximum Gasteiger partial charge on any atom is 0.296 e. The number of rotatable bonds is 7. The van der Waals surface area contributed by atoms with Crippen molar-refractivity contribution in [2.45, 2.75) is 25.9 Å². The molecule has 0 bridgehead atoms. The highest BCUT2D eigenvalue weighted by molar-refractivity contribution is 5.78. The van der Waals surface area contributed by atoms with E-state index in [0.717, 1.165) is 5.69 Å². The fraction of sp³-hybridized carbons (Fsp3) is 0.308.